The fraction of sp³-hybridized carbons (Fsp3) is 0.692. The number of thiazole rings is 1. The number of amides is 2. The summed E-state index contributed by atoms with van der Waals surface area (Å²) in [6, 6.07) is -0.886. The molecule has 2 aromatic rings. The molecule has 14 heteroatoms. The third kappa shape index (κ3) is 10.7. The van der Waals surface area contributed by atoms with Gasteiger partial charge in [-0.2, -0.15) is 0 Å². The van der Waals surface area contributed by atoms with E-state index in [9.17, 15) is 24.0 Å². The largest absolute Gasteiger partial charge is 0.469 e. The number of carbonyl (C=O) groups excluding carboxylic acids is 5. The van der Waals surface area contributed by atoms with Gasteiger partial charge < -0.3 is 19.7 Å². The maximum absolute atomic E-state index is 14.2. The van der Waals surface area contributed by atoms with Crippen LogP contribution in [-0.4, -0.2) is 99.7 Å². The van der Waals surface area contributed by atoms with Crippen molar-refractivity contribution in [1.82, 2.24) is 30.1 Å². The highest BCUT2D eigenvalue weighted by molar-refractivity contribution is 7.09. The van der Waals surface area contributed by atoms with Crippen molar-refractivity contribution in [1.29, 1.82) is 0 Å². The van der Waals surface area contributed by atoms with Crippen molar-refractivity contribution in [2.45, 2.75) is 117 Å². The maximum Gasteiger partial charge on any atom is 0.308 e. The summed E-state index contributed by atoms with van der Waals surface area (Å²) in [4.78, 5) is 83.5. The van der Waals surface area contributed by atoms with Crippen LogP contribution in [0.25, 0.3) is 0 Å². The highest BCUT2D eigenvalue weighted by atomic mass is 32.1. The summed E-state index contributed by atoms with van der Waals surface area (Å²) in [6.45, 7) is 10.9. The summed E-state index contributed by atoms with van der Waals surface area (Å²) < 4.78 is 10.7. The van der Waals surface area contributed by atoms with E-state index < -0.39 is 29.9 Å². The molecule has 6 atom stereocenters. The third-order valence-corrected chi connectivity index (χ3v) is 12.1. The van der Waals surface area contributed by atoms with Gasteiger partial charge in [0, 0.05) is 69.0 Å². The summed E-state index contributed by atoms with van der Waals surface area (Å²) in [7, 11) is 3.12. The Hall–Kier alpha value is -3.78. The number of ether oxygens (including phenoxy) is 2. The van der Waals surface area contributed by atoms with Crippen LogP contribution in [0.5, 0.6) is 0 Å². The predicted molar refractivity (Wildman–Crippen MR) is 199 cm³/mol. The lowest BCUT2D eigenvalue weighted by molar-refractivity contribution is -0.149. The van der Waals surface area contributed by atoms with Gasteiger partial charge in [0.15, 0.2) is 11.9 Å². The number of methoxy groups -OCH3 is 1. The van der Waals surface area contributed by atoms with Crippen molar-refractivity contribution in [3.63, 3.8) is 0 Å². The van der Waals surface area contributed by atoms with E-state index in [2.05, 4.69) is 25.2 Å². The van der Waals surface area contributed by atoms with E-state index in [0.717, 1.165) is 50.8 Å². The molecule has 1 aliphatic carbocycles. The summed E-state index contributed by atoms with van der Waals surface area (Å²) in [5.41, 5.74) is 1.05. The number of aryl methyl sites for hydroxylation is 1. The average Bonchev–Trinajstić information content (AvgIpc) is 3.86. The van der Waals surface area contributed by atoms with Crippen LogP contribution in [0.1, 0.15) is 112 Å². The van der Waals surface area contributed by atoms with E-state index in [4.69, 9.17) is 9.47 Å². The smallest absolute Gasteiger partial charge is 0.308 e. The van der Waals surface area contributed by atoms with Gasteiger partial charge in [-0.25, -0.2) is 15.0 Å². The molecule has 0 unspecified atom stereocenters. The minimum absolute atomic E-state index is 0.00189. The maximum atomic E-state index is 14.2. The third-order valence-electron chi connectivity index (χ3n) is 11.2. The van der Waals surface area contributed by atoms with E-state index in [1.807, 2.05) is 20.8 Å². The van der Waals surface area contributed by atoms with E-state index in [-0.39, 0.29) is 66.0 Å². The molecule has 2 amide bonds. The first-order valence-electron chi connectivity index (χ1n) is 19.1. The fourth-order valence-corrected chi connectivity index (χ4v) is 8.83. The topological polar surface area (TPSA) is 161 Å². The van der Waals surface area contributed by atoms with Gasteiger partial charge >= 0.3 is 11.9 Å². The highest BCUT2D eigenvalue weighted by Crippen LogP contribution is 2.42. The second-order valence-corrected chi connectivity index (χ2v) is 16.6. The monoisotopic (exact) mass is 752 g/mol. The lowest BCUT2D eigenvalue weighted by atomic mass is 9.79. The second-order valence-electron chi connectivity index (χ2n) is 15.7. The molecule has 290 valence electrons. The van der Waals surface area contributed by atoms with Gasteiger partial charge in [0.2, 0.25) is 5.91 Å². The lowest BCUT2D eigenvalue weighted by Crippen LogP contribution is -2.53. The van der Waals surface area contributed by atoms with Gasteiger partial charge in [0.05, 0.1) is 19.1 Å². The van der Waals surface area contributed by atoms with Gasteiger partial charge in [-0.05, 0) is 81.9 Å². The molecule has 13 nitrogen and oxygen atoms in total. The zero-order valence-corrected chi connectivity index (χ0v) is 33.0. The molecule has 53 heavy (non-hydrogen) atoms. The number of carbonyl (C=O) groups is 5. The van der Waals surface area contributed by atoms with Crippen LogP contribution in [0.4, 0.5) is 0 Å². The standard InChI is InChI=1S/C39H56N6O7S/c1-22(2)31(44(6)38(49)29(27-8-9-27)17-33(47)32-15-26-10-12-45(32)13-11-26)18-34(52-25(5)46)37-43-30(21-53-37)36(48)42-28(14-24(4)39(50)51-7)16-35-40-19-23(3)20-41-35/h19-22,24,26-29,31-32,34H,8-18H2,1-7H3,(H,42,48)/t24-,28+,29-,31+,32+,34+/m0/s1. The lowest BCUT2D eigenvalue weighted by Gasteiger charge is -2.45. The molecular weight excluding hydrogens is 697 g/mol. The number of nitrogens with one attached hydrogen (secondary N) is 1. The zero-order valence-electron chi connectivity index (χ0n) is 32.2. The first kappa shape index (κ1) is 40.4. The number of fused-ring (bicyclic) bond motifs is 3. The summed E-state index contributed by atoms with van der Waals surface area (Å²) in [6.07, 6.45) is 8.84. The number of piperidine rings is 3. The molecular formula is C39H56N6O7S. The van der Waals surface area contributed by atoms with Gasteiger partial charge in [-0.3, -0.25) is 28.9 Å². The van der Waals surface area contributed by atoms with Gasteiger partial charge in [0.25, 0.3) is 5.91 Å². The highest BCUT2D eigenvalue weighted by Gasteiger charge is 2.44. The van der Waals surface area contributed by atoms with Crippen molar-refractivity contribution in [3.8, 4) is 0 Å². The Kier molecular flexibility index (Phi) is 13.7. The van der Waals surface area contributed by atoms with Gasteiger partial charge in [-0.1, -0.05) is 20.8 Å². The van der Waals surface area contributed by atoms with E-state index in [0.29, 0.717) is 29.6 Å². The molecule has 2 bridgehead atoms. The van der Waals surface area contributed by atoms with E-state index >= 15 is 0 Å². The molecule has 3 aliphatic heterocycles. The van der Waals surface area contributed by atoms with Crippen molar-refractivity contribution < 1.29 is 33.4 Å². The minimum atomic E-state index is -0.801. The molecule has 1 N–H and O–H groups in total. The first-order valence-corrected chi connectivity index (χ1v) is 19.9. The van der Waals surface area contributed by atoms with Gasteiger partial charge in [0.1, 0.15) is 16.5 Å². The fourth-order valence-electron chi connectivity index (χ4n) is 7.99. The van der Waals surface area contributed by atoms with Crippen molar-refractivity contribution in [2.24, 2.45) is 29.6 Å². The zero-order chi connectivity index (χ0) is 38.4. The van der Waals surface area contributed by atoms with Crippen molar-refractivity contribution >= 4 is 40.9 Å². The van der Waals surface area contributed by atoms with Crippen molar-refractivity contribution in [2.75, 3.05) is 27.2 Å². The van der Waals surface area contributed by atoms with E-state index in [1.165, 1.54) is 25.4 Å². The quantitative estimate of drug-likeness (QED) is 0.210. The molecule has 0 aromatic carbocycles. The average molecular weight is 753 g/mol. The van der Waals surface area contributed by atoms with Crippen LogP contribution < -0.4 is 5.32 Å². The Morgan fingerprint density at radius 3 is 2.28 bits per heavy atom. The van der Waals surface area contributed by atoms with Crippen LogP contribution in [0.3, 0.4) is 0 Å². The van der Waals surface area contributed by atoms with Crippen LogP contribution in [0.15, 0.2) is 17.8 Å². The normalized spacial score (nSPS) is 22.3. The van der Waals surface area contributed by atoms with Crippen LogP contribution in [-0.2, 0) is 35.1 Å². The predicted octanol–water partition coefficient (Wildman–Crippen LogP) is 4.73. The minimum Gasteiger partial charge on any atom is -0.469 e. The number of ketones is 1. The first-order chi connectivity index (χ1) is 25.2. The number of esters is 2. The Bertz CT molecular complexity index is 1600. The SMILES string of the molecule is COC(=O)[C@@H](C)C[C@H](Cc1ncc(C)cn1)NC(=O)c1csc([C@@H](C[C@H](C(C)C)N(C)C(=O)[C@@H](CC(=O)[C@H]2CC3CCN2CC3)C2CC2)OC(C)=O)n1. The molecule has 0 radical (unpaired) electrons. The number of hydrogen-bond donors (Lipinski definition) is 1. The Labute approximate surface area is 317 Å². The van der Waals surface area contributed by atoms with E-state index in [1.54, 1.807) is 36.6 Å². The van der Waals surface area contributed by atoms with Crippen molar-refractivity contribution in [3.05, 3.63) is 39.9 Å². The van der Waals surface area contributed by atoms with Crippen LogP contribution in [0.2, 0.25) is 0 Å². The molecule has 0 spiro atoms. The molecule has 6 rings (SSSR count). The number of nitrogens with zero attached hydrogens (tertiary/aromatic N) is 5. The number of Topliss-reactive ketones (excluding diaryl/α,β-unsaturated/α-hetero) is 1. The second kappa shape index (κ2) is 18.0. The molecule has 4 fully saturated rings. The summed E-state index contributed by atoms with van der Waals surface area (Å²) >= 11 is 1.21. The Morgan fingerprint density at radius 2 is 1.72 bits per heavy atom. The molecule has 2 aromatic heterocycles. The Balaban J connectivity index is 1.28. The molecule has 3 saturated heterocycles. The number of hydrogen-bond acceptors (Lipinski definition) is 12. The van der Waals surface area contributed by atoms with Crippen LogP contribution >= 0.6 is 11.3 Å². The number of rotatable bonds is 18. The molecule has 4 aliphatic rings. The summed E-state index contributed by atoms with van der Waals surface area (Å²) in [5, 5.41) is 5.05. The number of aromatic nitrogens is 3. The summed E-state index contributed by atoms with van der Waals surface area (Å²) in [5.74, 6) is -0.693. The van der Waals surface area contributed by atoms with Crippen LogP contribution in [0, 0.1) is 36.5 Å². The molecule has 5 heterocycles. The Morgan fingerprint density at radius 1 is 1.04 bits per heavy atom. The van der Waals surface area contributed by atoms with Gasteiger partial charge in [-0.15, -0.1) is 11.3 Å². The molecule has 1 saturated carbocycles.